The van der Waals surface area contributed by atoms with E-state index in [0.29, 0.717) is 18.3 Å². The second kappa shape index (κ2) is 7.42. The van der Waals surface area contributed by atoms with E-state index < -0.39 is 0 Å². The Bertz CT molecular complexity index is 511. The summed E-state index contributed by atoms with van der Waals surface area (Å²) in [6.07, 6.45) is 0.953. The highest BCUT2D eigenvalue weighted by Gasteiger charge is 2.23. The van der Waals surface area contributed by atoms with Gasteiger partial charge >= 0.3 is 0 Å². The number of carbonyl (C=O) groups excluding carboxylic acids is 1. The fourth-order valence-corrected chi connectivity index (χ4v) is 2.49. The average Bonchev–Trinajstić information content (AvgIpc) is 2.51. The lowest BCUT2D eigenvalue weighted by Gasteiger charge is -2.36. The third-order valence-electron chi connectivity index (χ3n) is 3.66. The summed E-state index contributed by atoms with van der Waals surface area (Å²) in [5, 5.41) is 0. The molecule has 0 N–H and O–H groups in total. The number of amides is 1. The topological polar surface area (TPSA) is 58.6 Å². The van der Waals surface area contributed by atoms with Gasteiger partial charge in [0.15, 0.2) is 0 Å². The third-order valence-corrected chi connectivity index (χ3v) is 3.66. The molecule has 0 aliphatic carbocycles. The van der Waals surface area contributed by atoms with Crippen LogP contribution in [0.4, 0.5) is 5.82 Å². The maximum Gasteiger partial charge on any atom is 0.225 e. The van der Waals surface area contributed by atoms with Crippen LogP contribution in [0.2, 0.25) is 0 Å². The van der Waals surface area contributed by atoms with Crippen LogP contribution in [-0.4, -0.2) is 53.6 Å². The molecular formula is C16H26N4O2. The number of rotatable bonds is 5. The van der Waals surface area contributed by atoms with E-state index in [-0.39, 0.29) is 11.8 Å². The molecular weight excluding hydrogens is 280 g/mol. The van der Waals surface area contributed by atoms with Crippen LogP contribution in [-0.2, 0) is 4.79 Å². The number of piperazine rings is 1. The van der Waals surface area contributed by atoms with Crippen LogP contribution in [0.25, 0.3) is 0 Å². The number of nitrogens with zero attached hydrogens (tertiary/aromatic N) is 4. The van der Waals surface area contributed by atoms with Crippen LogP contribution in [0.3, 0.4) is 0 Å². The van der Waals surface area contributed by atoms with Crippen molar-refractivity contribution in [2.45, 2.75) is 34.1 Å². The second-order valence-corrected chi connectivity index (χ2v) is 5.93. The molecule has 1 amide bonds. The van der Waals surface area contributed by atoms with Gasteiger partial charge in [-0.05, 0) is 13.3 Å². The predicted molar refractivity (Wildman–Crippen MR) is 86.2 cm³/mol. The molecule has 6 nitrogen and oxygen atoms in total. The number of carbonyl (C=O) groups is 1. The van der Waals surface area contributed by atoms with Crippen LogP contribution in [0.1, 0.15) is 33.0 Å². The molecule has 0 radical (unpaired) electrons. The van der Waals surface area contributed by atoms with Crippen molar-refractivity contribution in [1.82, 2.24) is 14.9 Å². The lowest BCUT2D eigenvalue weighted by molar-refractivity contribution is -0.134. The molecule has 0 bridgehead atoms. The van der Waals surface area contributed by atoms with E-state index in [0.717, 1.165) is 38.4 Å². The SMILES string of the molecule is CCCOc1cc(N2CCN(C(=O)C(C)C)CC2)nc(C)n1. The van der Waals surface area contributed by atoms with E-state index in [1.807, 2.05) is 31.7 Å². The first kappa shape index (κ1) is 16.5. The first-order chi connectivity index (χ1) is 10.5. The van der Waals surface area contributed by atoms with E-state index in [4.69, 9.17) is 4.74 Å². The van der Waals surface area contributed by atoms with Crippen LogP contribution in [0.15, 0.2) is 6.07 Å². The van der Waals surface area contributed by atoms with Crippen molar-refractivity contribution >= 4 is 11.7 Å². The van der Waals surface area contributed by atoms with Crippen molar-refractivity contribution in [3.63, 3.8) is 0 Å². The van der Waals surface area contributed by atoms with Gasteiger partial charge in [0.05, 0.1) is 6.61 Å². The minimum Gasteiger partial charge on any atom is -0.478 e. The first-order valence-electron chi connectivity index (χ1n) is 8.03. The molecule has 1 fully saturated rings. The average molecular weight is 306 g/mol. The van der Waals surface area contributed by atoms with Gasteiger partial charge in [-0.15, -0.1) is 0 Å². The Hall–Kier alpha value is -1.85. The lowest BCUT2D eigenvalue weighted by Crippen LogP contribution is -2.50. The number of hydrogen-bond donors (Lipinski definition) is 0. The summed E-state index contributed by atoms with van der Waals surface area (Å²) in [4.78, 5) is 25.0. The molecule has 1 aromatic rings. The van der Waals surface area contributed by atoms with Crippen molar-refractivity contribution in [1.29, 1.82) is 0 Å². The Morgan fingerprint density at radius 1 is 1.27 bits per heavy atom. The Morgan fingerprint density at radius 2 is 1.95 bits per heavy atom. The minimum atomic E-state index is 0.0573. The molecule has 0 atom stereocenters. The fraction of sp³-hybridized carbons (Fsp3) is 0.688. The fourth-order valence-electron chi connectivity index (χ4n) is 2.49. The third kappa shape index (κ3) is 4.08. The van der Waals surface area contributed by atoms with Gasteiger partial charge in [-0.1, -0.05) is 20.8 Å². The van der Waals surface area contributed by atoms with E-state index in [1.54, 1.807) is 0 Å². The summed E-state index contributed by atoms with van der Waals surface area (Å²) in [5.74, 6) is 2.51. The molecule has 22 heavy (non-hydrogen) atoms. The van der Waals surface area contributed by atoms with Gasteiger partial charge < -0.3 is 14.5 Å². The zero-order valence-corrected chi connectivity index (χ0v) is 14.0. The highest BCUT2D eigenvalue weighted by molar-refractivity contribution is 5.78. The molecule has 2 rings (SSSR count). The molecule has 1 saturated heterocycles. The van der Waals surface area contributed by atoms with Gasteiger partial charge in [0.1, 0.15) is 11.6 Å². The molecule has 0 unspecified atom stereocenters. The van der Waals surface area contributed by atoms with E-state index in [2.05, 4.69) is 21.8 Å². The first-order valence-corrected chi connectivity index (χ1v) is 8.03. The second-order valence-electron chi connectivity index (χ2n) is 5.93. The van der Waals surface area contributed by atoms with Crippen molar-refractivity contribution in [3.05, 3.63) is 11.9 Å². The lowest BCUT2D eigenvalue weighted by atomic mass is 10.1. The highest BCUT2D eigenvalue weighted by atomic mass is 16.5. The molecule has 0 aromatic carbocycles. The Balaban J connectivity index is 2.01. The van der Waals surface area contributed by atoms with Crippen molar-refractivity contribution in [2.75, 3.05) is 37.7 Å². The van der Waals surface area contributed by atoms with E-state index in [9.17, 15) is 4.79 Å². The molecule has 0 saturated carbocycles. The standard InChI is InChI=1S/C16H26N4O2/c1-5-10-22-15-11-14(17-13(4)18-15)19-6-8-20(9-7-19)16(21)12(2)3/h11-12H,5-10H2,1-4H3. The van der Waals surface area contributed by atoms with E-state index in [1.165, 1.54) is 0 Å². The van der Waals surface area contributed by atoms with E-state index >= 15 is 0 Å². The summed E-state index contributed by atoms with van der Waals surface area (Å²) in [6.45, 7) is 11.6. The number of anilines is 1. The van der Waals surface area contributed by atoms with Crippen LogP contribution >= 0.6 is 0 Å². The Kier molecular flexibility index (Phi) is 5.57. The molecule has 1 aromatic heterocycles. The monoisotopic (exact) mass is 306 g/mol. The van der Waals surface area contributed by atoms with Gasteiger partial charge in [0.25, 0.3) is 0 Å². The zero-order valence-electron chi connectivity index (χ0n) is 14.0. The van der Waals surface area contributed by atoms with Gasteiger partial charge in [0, 0.05) is 38.2 Å². The number of aromatic nitrogens is 2. The minimum absolute atomic E-state index is 0.0573. The number of aryl methyl sites for hydroxylation is 1. The van der Waals surface area contributed by atoms with Crippen molar-refractivity contribution < 1.29 is 9.53 Å². The molecule has 1 aliphatic heterocycles. The van der Waals surface area contributed by atoms with Crippen LogP contribution in [0, 0.1) is 12.8 Å². The summed E-state index contributed by atoms with van der Waals surface area (Å²) in [5.41, 5.74) is 0. The molecule has 6 heteroatoms. The van der Waals surface area contributed by atoms with Crippen LogP contribution in [0.5, 0.6) is 5.88 Å². The Morgan fingerprint density at radius 3 is 2.55 bits per heavy atom. The van der Waals surface area contributed by atoms with Crippen molar-refractivity contribution in [3.8, 4) is 5.88 Å². The summed E-state index contributed by atoms with van der Waals surface area (Å²) >= 11 is 0. The smallest absolute Gasteiger partial charge is 0.225 e. The largest absolute Gasteiger partial charge is 0.478 e. The number of hydrogen-bond acceptors (Lipinski definition) is 5. The predicted octanol–water partition coefficient (Wildman–Crippen LogP) is 1.88. The quantitative estimate of drug-likeness (QED) is 0.831. The summed E-state index contributed by atoms with van der Waals surface area (Å²) < 4.78 is 5.62. The van der Waals surface area contributed by atoms with Gasteiger partial charge in [-0.3, -0.25) is 4.79 Å². The maximum atomic E-state index is 12.0. The zero-order chi connectivity index (χ0) is 16.1. The molecule has 0 spiro atoms. The molecule has 1 aliphatic rings. The Labute approximate surface area is 132 Å². The highest BCUT2D eigenvalue weighted by Crippen LogP contribution is 2.19. The van der Waals surface area contributed by atoms with Crippen LogP contribution < -0.4 is 9.64 Å². The normalized spacial score (nSPS) is 15.3. The molecule has 2 heterocycles. The maximum absolute atomic E-state index is 12.0. The van der Waals surface area contributed by atoms with Gasteiger partial charge in [-0.25, -0.2) is 4.98 Å². The summed E-state index contributed by atoms with van der Waals surface area (Å²) in [6, 6.07) is 1.89. The van der Waals surface area contributed by atoms with Crippen molar-refractivity contribution in [2.24, 2.45) is 5.92 Å². The van der Waals surface area contributed by atoms with Gasteiger partial charge in [0.2, 0.25) is 11.8 Å². The van der Waals surface area contributed by atoms with Gasteiger partial charge in [-0.2, -0.15) is 4.98 Å². The molecule has 122 valence electrons. The number of ether oxygens (including phenoxy) is 1. The summed E-state index contributed by atoms with van der Waals surface area (Å²) in [7, 11) is 0.